The minimum absolute atomic E-state index is 0.122. The zero-order valence-electron chi connectivity index (χ0n) is 14.2. The van der Waals surface area contributed by atoms with Crippen LogP contribution in [0.1, 0.15) is 20.3 Å². The smallest absolute Gasteiger partial charge is 0.245 e. The second-order valence-electron chi connectivity index (χ2n) is 5.66. The lowest BCUT2D eigenvalue weighted by Gasteiger charge is -2.22. The quantitative estimate of drug-likeness (QED) is 0.775. The van der Waals surface area contributed by atoms with Crippen LogP contribution in [0.15, 0.2) is 17.0 Å². The molecule has 0 bridgehead atoms. The SMILES string of the molecule is COc1cc(F)c(S(=O)(=O)N(C)CCC(N)C(C)C)cc1OC. The predicted molar refractivity (Wildman–Crippen MR) is 86.8 cm³/mol. The Morgan fingerprint density at radius 2 is 1.74 bits per heavy atom. The average molecular weight is 348 g/mol. The first-order chi connectivity index (χ1) is 10.6. The normalized spacial score (nSPS) is 13.4. The van der Waals surface area contributed by atoms with E-state index in [-0.39, 0.29) is 30.0 Å². The summed E-state index contributed by atoms with van der Waals surface area (Å²) in [4.78, 5) is -0.448. The first-order valence-electron chi connectivity index (χ1n) is 7.28. The lowest BCUT2D eigenvalue weighted by molar-refractivity contribution is 0.349. The Labute approximate surface area is 137 Å². The van der Waals surface area contributed by atoms with Gasteiger partial charge in [0, 0.05) is 31.8 Å². The number of hydrogen-bond acceptors (Lipinski definition) is 5. The van der Waals surface area contributed by atoms with E-state index in [0.29, 0.717) is 6.42 Å². The van der Waals surface area contributed by atoms with Crippen molar-refractivity contribution in [2.24, 2.45) is 11.7 Å². The van der Waals surface area contributed by atoms with Gasteiger partial charge in [0.2, 0.25) is 10.0 Å². The predicted octanol–water partition coefficient (Wildman–Crippen LogP) is 1.84. The van der Waals surface area contributed by atoms with Crippen molar-refractivity contribution in [3.05, 3.63) is 17.9 Å². The molecule has 0 saturated heterocycles. The minimum Gasteiger partial charge on any atom is -0.493 e. The maximum Gasteiger partial charge on any atom is 0.245 e. The van der Waals surface area contributed by atoms with Crippen LogP contribution in [0, 0.1) is 11.7 Å². The lowest BCUT2D eigenvalue weighted by atomic mass is 10.0. The van der Waals surface area contributed by atoms with Gasteiger partial charge in [-0.25, -0.2) is 17.1 Å². The van der Waals surface area contributed by atoms with E-state index in [9.17, 15) is 12.8 Å². The second kappa shape index (κ2) is 7.94. The van der Waals surface area contributed by atoms with E-state index >= 15 is 0 Å². The summed E-state index contributed by atoms with van der Waals surface area (Å²) in [5.74, 6) is -0.361. The number of benzene rings is 1. The van der Waals surface area contributed by atoms with E-state index in [1.165, 1.54) is 21.3 Å². The van der Waals surface area contributed by atoms with Crippen molar-refractivity contribution in [3.8, 4) is 11.5 Å². The molecule has 8 heteroatoms. The van der Waals surface area contributed by atoms with Crippen molar-refractivity contribution in [2.45, 2.75) is 31.2 Å². The molecular formula is C15H25FN2O4S. The molecule has 23 heavy (non-hydrogen) atoms. The summed E-state index contributed by atoms with van der Waals surface area (Å²) in [5, 5.41) is 0. The number of halogens is 1. The number of methoxy groups -OCH3 is 2. The first kappa shape index (κ1) is 19.7. The van der Waals surface area contributed by atoms with E-state index in [1.54, 1.807) is 0 Å². The van der Waals surface area contributed by atoms with Gasteiger partial charge in [-0.3, -0.25) is 0 Å². The van der Waals surface area contributed by atoms with Gasteiger partial charge >= 0.3 is 0 Å². The fourth-order valence-corrected chi connectivity index (χ4v) is 3.23. The van der Waals surface area contributed by atoms with Crippen molar-refractivity contribution >= 4 is 10.0 Å². The number of ether oxygens (including phenoxy) is 2. The van der Waals surface area contributed by atoms with Gasteiger partial charge in [-0.1, -0.05) is 13.8 Å². The van der Waals surface area contributed by atoms with E-state index in [1.807, 2.05) is 13.8 Å². The summed E-state index contributed by atoms with van der Waals surface area (Å²) in [6, 6.07) is 2.00. The van der Waals surface area contributed by atoms with Crippen molar-refractivity contribution in [3.63, 3.8) is 0 Å². The van der Waals surface area contributed by atoms with Crippen molar-refractivity contribution in [1.29, 1.82) is 0 Å². The van der Waals surface area contributed by atoms with Crippen LogP contribution in [0.5, 0.6) is 11.5 Å². The molecule has 1 atom stereocenters. The maximum absolute atomic E-state index is 14.2. The Bertz CT molecular complexity index is 635. The van der Waals surface area contributed by atoms with Crippen molar-refractivity contribution < 1.29 is 22.3 Å². The second-order valence-corrected chi connectivity index (χ2v) is 7.67. The lowest BCUT2D eigenvalue weighted by Crippen LogP contribution is -2.35. The highest BCUT2D eigenvalue weighted by Gasteiger charge is 2.27. The average Bonchev–Trinajstić information content (AvgIpc) is 2.51. The van der Waals surface area contributed by atoms with Gasteiger partial charge in [0.05, 0.1) is 14.2 Å². The Kier molecular flexibility index (Phi) is 6.79. The highest BCUT2D eigenvalue weighted by Crippen LogP contribution is 2.32. The van der Waals surface area contributed by atoms with Gasteiger partial charge in [-0.05, 0) is 12.3 Å². The number of nitrogens with zero attached hydrogens (tertiary/aromatic N) is 1. The van der Waals surface area contributed by atoms with Gasteiger partial charge in [-0.2, -0.15) is 0 Å². The molecular weight excluding hydrogens is 323 g/mol. The summed E-state index contributed by atoms with van der Waals surface area (Å²) in [5.41, 5.74) is 5.93. The third-order valence-corrected chi connectivity index (χ3v) is 5.63. The topological polar surface area (TPSA) is 81.9 Å². The van der Waals surface area contributed by atoms with Crippen LogP contribution < -0.4 is 15.2 Å². The van der Waals surface area contributed by atoms with Crippen molar-refractivity contribution in [2.75, 3.05) is 27.8 Å². The van der Waals surface area contributed by atoms with Crippen LogP contribution in [0.3, 0.4) is 0 Å². The zero-order chi connectivity index (χ0) is 17.8. The highest BCUT2D eigenvalue weighted by atomic mass is 32.2. The van der Waals surface area contributed by atoms with Gasteiger partial charge in [0.25, 0.3) is 0 Å². The molecule has 0 spiro atoms. The summed E-state index contributed by atoms with van der Waals surface area (Å²) in [6.07, 6.45) is 0.488. The number of nitrogens with two attached hydrogens (primary N) is 1. The summed E-state index contributed by atoms with van der Waals surface area (Å²) in [6.45, 7) is 4.13. The van der Waals surface area contributed by atoms with E-state index in [2.05, 4.69) is 0 Å². The number of sulfonamides is 1. The monoisotopic (exact) mass is 348 g/mol. The molecule has 0 aromatic heterocycles. The summed E-state index contributed by atoms with van der Waals surface area (Å²) < 4.78 is 50.4. The van der Waals surface area contributed by atoms with Crippen LogP contribution in [0.4, 0.5) is 4.39 Å². The van der Waals surface area contributed by atoms with Crippen LogP contribution >= 0.6 is 0 Å². The third kappa shape index (κ3) is 4.55. The molecule has 1 unspecified atom stereocenters. The molecule has 2 N–H and O–H groups in total. The molecule has 0 amide bonds. The molecule has 132 valence electrons. The molecule has 1 aromatic rings. The Morgan fingerprint density at radius 1 is 1.22 bits per heavy atom. The fourth-order valence-electron chi connectivity index (χ4n) is 1.99. The molecule has 0 radical (unpaired) electrons. The zero-order valence-corrected chi connectivity index (χ0v) is 15.0. The number of hydrogen-bond donors (Lipinski definition) is 1. The molecule has 0 heterocycles. The standard InChI is InChI=1S/C15H25FN2O4S/c1-10(2)12(17)6-7-18(3)23(19,20)15-9-14(22-5)13(21-4)8-11(15)16/h8-10,12H,6-7,17H2,1-5H3. The summed E-state index contributed by atoms with van der Waals surface area (Å²) in [7, 11) is 0.131. The Morgan fingerprint density at radius 3 is 2.22 bits per heavy atom. The Hall–Kier alpha value is -1.38. The molecule has 0 aliphatic carbocycles. The van der Waals surface area contributed by atoms with Gasteiger partial charge in [0.15, 0.2) is 11.5 Å². The van der Waals surface area contributed by atoms with Crippen LogP contribution in [-0.2, 0) is 10.0 Å². The van der Waals surface area contributed by atoms with Crippen LogP contribution in [0.2, 0.25) is 0 Å². The molecule has 0 saturated carbocycles. The highest BCUT2D eigenvalue weighted by molar-refractivity contribution is 7.89. The van der Waals surface area contributed by atoms with Crippen LogP contribution in [-0.4, -0.2) is 46.6 Å². The third-order valence-electron chi connectivity index (χ3n) is 3.76. The largest absolute Gasteiger partial charge is 0.493 e. The van der Waals surface area contributed by atoms with Gasteiger partial charge in [0.1, 0.15) is 10.7 Å². The van der Waals surface area contributed by atoms with Crippen LogP contribution in [0.25, 0.3) is 0 Å². The molecule has 1 rings (SSSR count). The molecule has 0 fully saturated rings. The minimum atomic E-state index is -3.98. The molecule has 1 aromatic carbocycles. The summed E-state index contributed by atoms with van der Waals surface area (Å²) >= 11 is 0. The first-order valence-corrected chi connectivity index (χ1v) is 8.72. The van der Waals surface area contributed by atoms with E-state index < -0.39 is 20.7 Å². The van der Waals surface area contributed by atoms with E-state index in [0.717, 1.165) is 16.4 Å². The molecule has 0 aliphatic heterocycles. The fraction of sp³-hybridized carbons (Fsp3) is 0.600. The van der Waals surface area contributed by atoms with Crippen molar-refractivity contribution in [1.82, 2.24) is 4.31 Å². The molecule has 6 nitrogen and oxygen atoms in total. The van der Waals surface area contributed by atoms with E-state index in [4.69, 9.17) is 15.2 Å². The molecule has 0 aliphatic rings. The Balaban J connectivity index is 3.08. The van der Waals surface area contributed by atoms with Gasteiger partial charge < -0.3 is 15.2 Å². The van der Waals surface area contributed by atoms with Gasteiger partial charge in [-0.15, -0.1) is 0 Å². The number of rotatable bonds is 8. The maximum atomic E-state index is 14.2.